The first kappa shape index (κ1) is 11.8. The maximum atomic E-state index is 10.7. The number of hydrogen-bond acceptors (Lipinski definition) is 3. The lowest BCUT2D eigenvalue weighted by molar-refractivity contribution is -0.380. The molecule has 0 radical (unpaired) electrons. The molecule has 0 spiro atoms. The fourth-order valence-corrected chi connectivity index (χ4v) is 2.17. The maximum absolute atomic E-state index is 10.7. The predicted molar refractivity (Wildman–Crippen MR) is 71.4 cm³/mol. The van der Waals surface area contributed by atoms with Crippen LogP contribution in [0.2, 0.25) is 5.02 Å². The van der Waals surface area contributed by atoms with Crippen molar-refractivity contribution in [1.82, 2.24) is 0 Å². The van der Waals surface area contributed by atoms with Crippen LogP contribution in [0, 0.1) is 10.1 Å². The van der Waals surface area contributed by atoms with Crippen LogP contribution in [-0.4, -0.2) is 4.92 Å². The van der Waals surface area contributed by atoms with Gasteiger partial charge >= 0.3 is 5.00 Å². The highest BCUT2D eigenvalue weighted by Crippen LogP contribution is 2.27. The van der Waals surface area contributed by atoms with E-state index in [9.17, 15) is 10.1 Å². The third-order valence-electron chi connectivity index (χ3n) is 2.17. The second kappa shape index (κ2) is 5.12. The van der Waals surface area contributed by atoms with E-state index in [-0.39, 0.29) is 9.92 Å². The van der Waals surface area contributed by atoms with Crippen molar-refractivity contribution in [2.24, 2.45) is 0 Å². The van der Waals surface area contributed by atoms with Gasteiger partial charge in [0.05, 0.1) is 10.5 Å². The molecule has 0 saturated heterocycles. The van der Waals surface area contributed by atoms with Gasteiger partial charge in [0.1, 0.15) is 0 Å². The zero-order valence-electron chi connectivity index (χ0n) is 8.67. The van der Waals surface area contributed by atoms with Crippen LogP contribution in [-0.2, 0) is 0 Å². The number of nitrogens with zero attached hydrogens (tertiary/aromatic N) is 1. The van der Waals surface area contributed by atoms with Gasteiger partial charge in [0.25, 0.3) is 0 Å². The van der Waals surface area contributed by atoms with Crippen molar-refractivity contribution < 1.29 is 4.92 Å². The molecule has 2 rings (SSSR count). The Kier molecular flexibility index (Phi) is 3.56. The average Bonchev–Trinajstić information content (AvgIpc) is 2.76. The van der Waals surface area contributed by atoms with Crippen LogP contribution in [0.4, 0.5) is 5.00 Å². The lowest BCUT2D eigenvalue weighted by atomic mass is 10.2. The van der Waals surface area contributed by atoms with Crippen molar-refractivity contribution in [2.45, 2.75) is 0 Å². The van der Waals surface area contributed by atoms with Crippen LogP contribution in [0.5, 0.6) is 0 Å². The minimum absolute atomic E-state index is 0.162. The molecule has 0 aliphatic heterocycles. The molecule has 3 nitrogen and oxygen atoms in total. The molecule has 17 heavy (non-hydrogen) atoms. The van der Waals surface area contributed by atoms with Crippen LogP contribution in [0.3, 0.4) is 0 Å². The Bertz CT molecular complexity index is 560. The lowest BCUT2D eigenvalue weighted by Crippen LogP contribution is -1.85. The van der Waals surface area contributed by atoms with E-state index >= 15 is 0 Å². The molecule has 0 N–H and O–H groups in total. The molecule has 1 aromatic carbocycles. The Labute approximate surface area is 107 Å². The third kappa shape index (κ3) is 2.93. The summed E-state index contributed by atoms with van der Waals surface area (Å²) in [6.45, 7) is 0. The quantitative estimate of drug-likeness (QED) is 0.606. The van der Waals surface area contributed by atoms with Gasteiger partial charge in [0.15, 0.2) is 0 Å². The number of thiophene rings is 1. The highest BCUT2D eigenvalue weighted by atomic mass is 35.5. The molecule has 0 aliphatic rings. The van der Waals surface area contributed by atoms with E-state index in [1.54, 1.807) is 29.7 Å². The van der Waals surface area contributed by atoms with Crippen molar-refractivity contribution in [3.8, 4) is 0 Å². The molecular weight excluding hydrogens is 258 g/mol. The van der Waals surface area contributed by atoms with E-state index in [1.807, 2.05) is 18.2 Å². The van der Waals surface area contributed by atoms with Crippen molar-refractivity contribution in [3.63, 3.8) is 0 Å². The van der Waals surface area contributed by atoms with Crippen LogP contribution < -0.4 is 0 Å². The third-order valence-corrected chi connectivity index (χ3v) is 3.30. The fraction of sp³-hybridized carbons (Fsp3) is 0. The second-order valence-corrected chi connectivity index (χ2v) is 4.65. The summed E-state index contributed by atoms with van der Waals surface area (Å²) < 4.78 is 0. The first-order valence-electron chi connectivity index (χ1n) is 4.82. The molecule has 0 aliphatic carbocycles. The van der Waals surface area contributed by atoms with E-state index in [0.29, 0.717) is 10.6 Å². The van der Waals surface area contributed by atoms with E-state index in [4.69, 9.17) is 11.6 Å². The van der Waals surface area contributed by atoms with Crippen molar-refractivity contribution in [3.05, 3.63) is 62.0 Å². The van der Waals surface area contributed by atoms with E-state index < -0.39 is 0 Å². The van der Waals surface area contributed by atoms with E-state index in [2.05, 4.69) is 0 Å². The first-order valence-corrected chi connectivity index (χ1v) is 6.08. The minimum Gasteiger partial charge on any atom is -0.258 e. The van der Waals surface area contributed by atoms with Gasteiger partial charge in [-0.05, 0) is 35.2 Å². The standard InChI is InChI=1S/C12H8ClNO2S/c13-11-5-2-9(3-6-11)1-4-10-7-8-17-12(10)14(15)16/h1-8H/b4-1+. The van der Waals surface area contributed by atoms with Crippen molar-refractivity contribution >= 4 is 40.1 Å². The molecule has 0 bridgehead atoms. The highest BCUT2D eigenvalue weighted by molar-refractivity contribution is 7.13. The molecule has 0 amide bonds. The van der Waals surface area contributed by atoms with Crippen molar-refractivity contribution in [2.75, 3.05) is 0 Å². The van der Waals surface area contributed by atoms with Crippen molar-refractivity contribution in [1.29, 1.82) is 0 Å². The number of halogens is 1. The topological polar surface area (TPSA) is 43.1 Å². The van der Waals surface area contributed by atoms with Gasteiger partial charge < -0.3 is 0 Å². The summed E-state index contributed by atoms with van der Waals surface area (Å²) in [6.07, 6.45) is 3.56. The molecule has 0 saturated carbocycles. The zero-order valence-corrected chi connectivity index (χ0v) is 10.2. The SMILES string of the molecule is O=[N+]([O-])c1sccc1/C=C/c1ccc(Cl)cc1. The Hall–Kier alpha value is -1.65. The molecule has 0 atom stereocenters. The maximum Gasteiger partial charge on any atom is 0.331 e. The van der Waals surface area contributed by atoms with Gasteiger partial charge in [-0.3, -0.25) is 10.1 Å². The summed E-state index contributed by atoms with van der Waals surface area (Å²) in [5.74, 6) is 0. The van der Waals surface area contributed by atoms with E-state index in [1.165, 1.54) is 0 Å². The Morgan fingerprint density at radius 1 is 1.18 bits per heavy atom. The molecule has 0 fully saturated rings. The van der Waals surface area contributed by atoms with E-state index in [0.717, 1.165) is 16.9 Å². The fourth-order valence-electron chi connectivity index (χ4n) is 1.35. The molecular formula is C12H8ClNO2S. The van der Waals surface area contributed by atoms with Gasteiger partial charge in [0.2, 0.25) is 0 Å². The Morgan fingerprint density at radius 3 is 2.53 bits per heavy atom. The van der Waals surface area contributed by atoms with Gasteiger partial charge in [-0.1, -0.05) is 41.1 Å². The smallest absolute Gasteiger partial charge is 0.258 e. The average molecular weight is 266 g/mol. The van der Waals surface area contributed by atoms with Gasteiger partial charge in [0, 0.05) is 5.02 Å². The summed E-state index contributed by atoms with van der Waals surface area (Å²) in [4.78, 5) is 10.3. The summed E-state index contributed by atoms with van der Waals surface area (Å²) in [6, 6.07) is 9.01. The molecule has 1 aromatic heterocycles. The van der Waals surface area contributed by atoms with Gasteiger partial charge in [-0.15, -0.1) is 0 Å². The summed E-state index contributed by atoms with van der Waals surface area (Å²) >= 11 is 6.89. The summed E-state index contributed by atoms with van der Waals surface area (Å²) in [7, 11) is 0. The molecule has 86 valence electrons. The number of benzene rings is 1. The second-order valence-electron chi connectivity index (χ2n) is 3.32. The lowest BCUT2D eigenvalue weighted by Gasteiger charge is -1.93. The summed E-state index contributed by atoms with van der Waals surface area (Å²) in [5.41, 5.74) is 1.57. The summed E-state index contributed by atoms with van der Waals surface area (Å²) in [5, 5.41) is 13.2. The predicted octanol–water partition coefficient (Wildman–Crippen LogP) is 4.48. The first-order chi connectivity index (χ1) is 8.16. The largest absolute Gasteiger partial charge is 0.331 e. The zero-order chi connectivity index (χ0) is 12.3. The number of nitro groups is 1. The van der Waals surface area contributed by atoms with Crippen LogP contribution in [0.1, 0.15) is 11.1 Å². The highest BCUT2D eigenvalue weighted by Gasteiger charge is 2.12. The number of hydrogen-bond donors (Lipinski definition) is 0. The Balaban J connectivity index is 2.23. The normalized spacial score (nSPS) is 10.9. The minimum atomic E-state index is -0.369. The molecule has 5 heteroatoms. The monoisotopic (exact) mass is 265 g/mol. The molecule has 0 unspecified atom stereocenters. The van der Waals surface area contributed by atoms with Crippen LogP contribution >= 0.6 is 22.9 Å². The van der Waals surface area contributed by atoms with Crippen LogP contribution in [0.25, 0.3) is 12.2 Å². The Morgan fingerprint density at radius 2 is 1.88 bits per heavy atom. The molecule has 1 heterocycles. The number of rotatable bonds is 3. The van der Waals surface area contributed by atoms with Crippen LogP contribution in [0.15, 0.2) is 35.7 Å². The van der Waals surface area contributed by atoms with Gasteiger partial charge in [-0.2, -0.15) is 0 Å². The molecule has 2 aromatic rings. The van der Waals surface area contributed by atoms with Gasteiger partial charge in [-0.25, -0.2) is 0 Å².